The molecule has 0 fully saturated rings. The number of hydrogen-bond acceptors (Lipinski definition) is 3. The molecule has 1 aromatic rings. The van der Waals surface area contributed by atoms with Crippen LogP contribution < -0.4 is 11.1 Å². The Labute approximate surface area is 97.4 Å². The molecule has 1 amide bonds. The van der Waals surface area contributed by atoms with Gasteiger partial charge in [0, 0.05) is 6.42 Å². The van der Waals surface area contributed by atoms with Crippen molar-refractivity contribution in [2.75, 3.05) is 5.32 Å². The van der Waals surface area contributed by atoms with E-state index >= 15 is 0 Å². The number of amides is 1. The van der Waals surface area contributed by atoms with Gasteiger partial charge in [-0.1, -0.05) is 12.1 Å². The quantitative estimate of drug-likeness (QED) is 0.714. The maximum Gasteiger partial charge on any atom is 0.303 e. The molecule has 0 aliphatic carbocycles. The minimum Gasteiger partial charge on any atom is -0.481 e. The lowest BCUT2D eigenvalue weighted by Crippen LogP contribution is -2.36. The molecule has 1 rings (SSSR count). The summed E-state index contributed by atoms with van der Waals surface area (Å²) in [7, 11) is 0. The Morgan fingerprint density at radius 1 is 1.41 bits per heavy atom. The van der Waals surface area contributed by atoms with Gasteiger partial charge in [-0.05, 0) is 18.6 Å². The topological polar surface area (TPSA) is 92.4 Å². The third-order valence-electron chi connectivity index (χ3n) is 2.14. The first kappa shape index (κ1) is 13.1. The number of aliphatic carboxylic acids is 1. The van der Waals surface area contributed by atoms with Crippen molar-refractivity contribution in [2.24, 2.45) is 5.73 Å². The van der Waals surface area contributed by atoms with Gasteiger partial charge in [0.2, 0.25) is 5.91 Å². The molecule has 17 heavy (non-hydrogen) atoms. The van der Waals surface area contributed by atoms with Crippen LogP contribution in [0.5, 0.6) is 0 Å². The van der Waals surface area contributed by atoms with Gasteiger partial charge in [-0.3, -0.25) is 9.59 Å². The summed E-state index contributed by atoms with van der Waals surface area (Å²) in [5.41, 5.74) is 5.50. The normalized spacial score (nSPS) is 11.9. The minimum absolute atomic E-state index is 0.00954. The fourth-order valence-electron chi connectivity index (χ4n) is 1.20. The molecule has 6 heteroatoms. The Morgan fingerprint density at radius 2 is 2.06 bits per heavy atom. The highest BCUT2D eigenvalue weighted by molar-refractivity contribution is 5.94. The molecule has 0 spiro atoms. The number of halogens is 1. The maximum absolute atomic E-state index is 13.2. The van der Waals surface area contributed by atoms with E-state index in [1.165, 1.54) is 18.2 Å². The first-order chi connectivity index (χ1) is 8.00. The van der Waals surface area contributed by atoms with Crippen LogP contribution in [-0.2, 0) is 9.59 Å². The fraction of sp³-hybridized carbons (Fsp3) is 0.273. The van der Waals surface area contributed by atoms with Crippen molar-refractivity contribution in [3.63, 3.8) is 0 Å². The lowest BCUT2D eigenvalue weighted by Gasteiger charge is -2.11. The van der Waals surface area contributed by atoms with Crippen LogP contribution >= 0.6 is 0 Å². The van der Waals surface area contributed by atoms with Crippen LogP contribution in [0.3, 0.4) is 0 Å². The van der Waals surface area contributed by atoms with Crippen molar-refractivity contribution in [1.29, 1.82) is 0 Å². The number of anilines is 1. The van der Waals surface area contributed by atoms with Crippen molar-refractivity contribution in [3.05, 3.63) is 30.1 Å². The number of hydrogen-bond donors (Lipinski definition) is 3. The van der Waals surface area contributed by atoms with E-state index in [0.717, 1.165) is 0 Å². The minimum atomic E-state index is -1.03. The van der Waals surface area contributed by atoms with Crippen molar-refractivity contribution in [3.8, 4) is 0 Å². The lowest BCUT2D eigenvalue weighted by atomic mass is 10.1. The van der Waals surface area contributed by atoms with Gasteiger partial charge in [0.25, 0.3) is 0 Å². The van der Waals surface area contributed by atoms with Crippen LogP contribution in [0, 0.1) is 5.82 Å². The summed E-state index contributed by atoms with van der Waals surface area (Å²) >= 11 is 0. The van der Waals surface area contributed by atoms with Gasteiger partial charge in [0.05, 0.1) is 11.7 Å². The molecular weight excluding hydrogens is 227 g/mol. The first-order valence-corrected chi connectivity index (χ1v) is 5.03. The zero-order chi connectivity index (χ0) is 12.8. The summed E-state index contributed by atoms with van der Waals surface area (Å²) in [5, 5.41) is 10.7. The van der Waals surface area contributed by atoms with E-state index in [4.69, 9.17) is 10.8 Å². The maximum atomic E-state index is 13.2. The molecule has 0 aliphatic heterocycles. The zero-order valence-electron chi connectivity index (χ0n) is 9.02. The molecule has 0 aliphatic rings. The van der Waals surface area contributed by atoms with Crippen molar-refractivity contribution in [2.45, 2.75) is 18.9 Å². The second-order valence-electron chi connectivity index (χ2n) is 3.51. The Hall–Kier alpha value is -1.95. The van der Waals surface area contributed by atoms with Crippen LogP contribution in [-0.4, -0.2) is 23.0 Å². The summed E-state index contributed by atoms with van der Waals surface area (Å²) in [4.78, 5) is 21.8. The number of benzene rings is 1. The third-order valence-corrected chi connectivity index (χ3v) is 2.14. The number of carbonyl (C=O) groups excluding carboxylic acids is 1. The molecule has 0 bridgehead atoms. The second kappa shape index (κ2) is 5.95. The molecule has 0 saturated heterocycles. The lowest BCUT2D eigenvalue weighted by molar-refractivity contribution is -0.137. The van der Waals surface area contributed by atoms with Crippen LogP contribution in [0.4, 0.5) is 10.1 Å². The van der Waals surface area contributed by atoms with E-state index in [9.17, 15) is 14.0 Å². The highest BCUT2D eigenvalue weighted by atomic mass is 19.1. The summed E-state index contributed by atoms with van der Waals surface area (Å²) in [6.07, 6.45) is -0.193. The number of rotatable bonds is 5. The van der Waals surface area contributed by atoms with Crippen molar-refractivity contribution < 1.29 is 19.1 Å². The van der Waals surface area contributed by atoms with E-state index in [-0.39, 0.29) is 18.5 Å². The van der Waals surface area contributed by atoms with E-state index in [1.54, 1.807) is 6.07 Å². The van der Waals surface area contributed by atoms with E-state index in [2.05, 4.69) is 5.32 Å². The predicted molar refractivity (Wildman–Crippen MR) is 59.9 cm³/mol. The molecule has 0 aromatic heterocycles. The third kappa shape index (κ3) is 4.20. The molecule has 0 saturated carbocycles. The zero-order valence-corrected chi connectivity index (χ0v) is 9.02. The molecule has 1 atom stereocenters. The van der Waals surface area contributed by atoms with Crippen LogP contribution in [0.25, 0.3) is 0 Å². The van der Waals surface area contributed by atoms with Gasteiger partial charge in [0.1, 0.15) is 5.82 Å². The van der Waals surface area contributed by atoms with Gasteiger partial charge in [0.15, 0.2) is 0 Å². The number of carboxylic acid groups (broad SMARTS) is 1. The Kier molecular flexibility index (Phi) is 4.59. The number of carbonyl (C=O) groups is 2. The Morgan fingerprint density at radius 3 is 2.65 bits per heavy atom. The summed E-state index contributed by atoms with van der Waals surface area (Å²) < 4.78 is 13.2. The van der Waals surface area contributed by atoms with E-state index in [0.29, 0.717) is 0 Å². The SMILES string of the molecule is NC(CCC(=O)O)C(=O)Nc1ccccc1F. The molecule has 0 radical (unpaired) electrons. The molecular formula is C11H13FN2O3. The highest BCUT2D eigenvalue weighted by Gasteiger charge is 2.16. The van der Waals surface area contributed by atoms with E-state index in [1.807, 2.05) is 0 Å². The highest BCUT2D eigenvalue weighted by Crippen LogP contribution is 2.12. The second-order valence-corrected chi connectivity index (χ2v) is 3.51. The fourth-order valence-corrected chi connectivity index (χ4v) is 1.20. The van der Waals surface area contributed by atoms with Gasteiger partial charge >= 0.3 is 5.97 Å². The number of nitrogens with one attached hydrogen (secondary N) is 1. The number of para-hydroxylation sites is 1. The van der Waals surface area contributed by atoms with Crippen molar-refractivity contribution in [1.82, 2.24) is 0 Å². The van der Waals surface area contributed by atoms with Crippen molar-refractivity contribution >= 4 is 17.6 Å². The number of nitrogens with two attached hydrogens (primary N) is 1. The van der Waals surface area contributed by atoms with Gasteiger partial charge < -0.3 is 16.2 Å². The largest absolute Gasteiger partial charge is 0.481 e. The van der Waals surface area contributed by atoms with Crippen LogP contribution in [0.1, 0.15) is 12.8 Å². The predicted octanol–water partition coefficient (Wildman–Crippen LogP) is 0.956. The average molecular weight is 240 g/mol. The van der Waals surface area contributed by atoms with Gasteiger partial charge in [-0.15, -0.1) is 0 Å². The molecule has 0 heterocycles. The standard InChI is InChI=1S/C11H13FN2O3/c12-7-3-1-2-4-9(7)14-11(17)8(13)5-6-10(15)16/h1-4,8H,5-6,13H2,(H,14,17)(H,15,16). The number of carboxylic acids is 1. The van der Waals surface area contributed by atoms with Gasteiger partial charge in [-0.2, -0.15) is 0 Å². The first-order valence-electron chi connectivity index (χ1n) is 5.03. The van der Waals surface area contributed by atoms with Gasteiger partial charge in [-0.25, -0.2) is 4.39 Å². The summed E-state index contributed by atoms with van der Waals surface area (Å²) in [6, 6.07) is 4.71. The van der Waals surface area contributed by atoms with E-state index < -0.39 is 23.7 Å². The summed E-state index contributed by atoms with van der Waals surface area (Å²) in [5.74, 6) is -2.19. The van der Waals surface area contributed by atoms with Crippen LogP contribution in [0.15, 0.2) is 24.3 Å². The molecule has 4 N–H and O–H groups in total. The molecule has 92 valence electrons. The summed E-state index contributed by atoms with van der Waals surface area (Å²) in [6.45, 7) is 0. The Bertz CT molecular complexity index is 423. The Balaban J connectivity index is 2.54. The molecule has 5 nitrogen and oxygen atoms in total. The van der Waals surface area contributed by atoms with Crippen LogP contribution in [0.2, 0.25) is 0 Å². The molecule has 1 unspecified atom stereocenters. The molecule has 1 aromatic carbocycles. The monoisotopic (exact) mass is 240 g/mol. The smallest absolute Gasteiger partial charge is 0.303 e. The average Bonchev–Trinajstić information content (AvgIpc) is 2.28.